The minimum atomic E-state index is -4.36. The summed E-state index contributed by atoms with van der Waals surface area (Å²) in [5.41, 5.74) is 4.47. The highest BCUT2D eigenvalue weighted by atomic mass is 31.2. The first-order valence-electron chi connectivity index (χ1n) is 14.4. The molecule has 242 valence electrons. The minimum Gasteiger partial charge on any atom is -0.476 e. The Labute approximate surface area is 259 Å². The third-order valence-corrected chi connectivity index (χ3v) is 8.76. The van der Waals surface area contributed by atoms with Gasteiger partial charge in [0.15, 0.2) is 17.4 Å². The lowest BCUT2D eigenvalue weighted by Gasteiger charge is -2.27. The second kappa shape index (κ2) is 12.9. The second-order valence-corrected chi connectivity index (χ2v) is 12.7. The molecule has 0 spiro atoms. The fourth-order valence-electron chi connectivity index (χ4n) is 4.98. The molecular weight excluding hydrogens is 607 g/mol. The summed E-state index contributed by atoms with van der Waals surface area (Å²) in [4.78, 5) is 25.2. The summed E-state index contributed by atoms with van der Waals surface area (Å²) in [5, 5.41) is 26.7. The molecule has 1 aliphatic heterocycles. The van der Waals surface area contributed by atoms with Crippen LogP contribution in [0.5, 0.6) is 11.6 Å². The number of nitrogen functional groups attached to an aromatic ring is 1. The third-order valence-electron chi connectivity index (χ3n) is 7.13. The van der Waals surface area contributed by atoms with E-state index in [-0.39, 0.29) is 28.7 Å². The van der Waals surface area contributed by atoms with Gasteiger partial charge in [-0.15, -0.1) is 0 Å². The number of ether oxygens (including phenoxy) is 3. The quantitative estimate of drug-likeness (QED) is 0.129. The Morgan fingerprint density at radius 2 is 1.93 bits per heavy atom. The van der Waals surface area contributed by atoms with Crippen LogP contribution in [0.15, 0.2) is 48.8 Å². The first-order chi connectivity index (χ1) is 21.3. The number of hydrogen-bond donors (Lipinski definition) is 4. The Kier molecular flexibility index (Phi) is 9.31. The number of anilines is 1. The molecule has 0 radical (unpaired) electrons. The highest BCUT2D eigenvalue weighted by Gasteiger charge is 2.54. The van der Waals surface area contributed by atoms with E-state index < -0.39 is 56.5 Å². The number of carbonyl (C=O) groups is 1. The zero-order chi connectivity index (χ0) is 32.5. The van der Waals surface area contributed by atoms with Gasteiger partial charge in [0.05, 0.1) is 25.6 Å². The van der Waals surface area contributed by atoms with Crippen LogP contribution in [-0.2, 0) is 23.4 Å². The summed E-state index contributed by atoms with van der Waals surface area (Å²) in [5.74, 6) is -0.374. The fraction of sp³-hybridized carbons (Fsp3) is 0.448. The Bertz CT molecular complexity index is 1730. The van der Waals surface area contributed by atoms with Crippen LogP contribution in [0, 0.1) is 0 Å². The molecule has 3 heterocycles. The molecular formula is C29H37N6O9P. The molecule has 15 nitrogen and oxygen atoms in total. The summed E-state index contributed by atoms with van der Waals surface area (Å²) >= 11 is 0. The average Bonchev–Trinajstić information content (AvgIpc) is 3.49. The van der Waals surface area contributed by atoms with E-state index in [1.54, 1.807) is 45.0 Å². The Hall–Kier alpha value is -3.85. The molecule has 6 atom stereocenters. The van der Waals surface area contributed by atoms with Gasteiger partial charge in [0.1, 0.15) is 29.6 Å². The molecule has 45 heavy (non-hydrogen) atoms. The molecule has 16 heteroatoms. The molecule has 0 bridgehead atoms. The first-order valence-corrected chi connectivity index (χ1v) is 16.0. The summed E-state index contributed by atoms with van der Waals surface area (Å²) in [6.45, 7) is 7.78. The molecule has 0 amide bonds. The summed E-state index contributed by atoms with van der Waals surface area (Å²) in [7, 11) is -4.36. The Morgan fingerprint density at radius 3 is 2.67 bits per heavy atom. The van der Waals surface area contributed by atoms with Crippen molar-refractivity contribution in [3.63, 3.8) is 0 Å². The smallest absolute Gasteiger partial charge is 0.459 e. The van der Waals surface area contributed by atoms with Crippen molar-refractivity contribution in [1.29, 1.82) is 0 Å². The number of fused-ring (bicyclic) bond motifs is 2. The molecule has 0 saturated carbocycles. The molecule has 4 aromatic rings. The van der Waals surface area contributed by atoms with E-state index >= 15 is 0 Å². The Morgan fingerprint density at radius 1 is 1.20 bits per heavy atom. The van der Waals surface area contributed by atoms with E-state index in [0.717, 1.165) is 5.39 Å². The molecule has 5 rings (SSSR count). The highest BCUT2D eigenvalue weighted by molar-refractivity contribution is 7.52. The predicted octanol–water partition coefficient (Wildman–Crippen LogP) is 3.10. The van der Waals surface area contributed by atoms with Gasteiger partial charge in [0.2, 0.25) is 11.8 Å². The molecule has 3 unspecified atom stereocenters. The lowest BCUT2D eigenvalue weighted by Crippen LogP contribution is -2.44. The number of aliphatic hydroxyl groups is 2. The number of aromatic nitrogens is 4. The molecule has 5 N–H and O–H groups in total. The maximum atomic E-state index is 14.3. The van der Waals surface area contributed by atoms with Gasteiger partial charge in [-0.05, 0) is 46.1 Å². The van der Waals surface area contributed by atoms with E-state index in [1.165, 1.54) is 24.7 Å². The maximum absolute atomic E-state index is 14.3. The van der Waals surface area contributed by atoms with Crippen LogP contribution in [-0.4, -0.2) is 78.9 Å². The monoisotopic (exact) mass is 644 g/mol. The van der Waals surface area contributed by atoms with Crippen molar-refractivity contribution < 1.29 is 42.8 Å². The van der Waals surface area contributed by atoms with Crippen molar-refractivity contribution in [3.05, 3.63) is 48.8 Å². The van der Waals surface area contributed by atoms with E-state index in [4.69, 9.17) is 29.0 Å². The van der Waals surface area contributed by atoms with Crippen LogP contribution in [0.4, 0.5) is 5.95 Å². The van der Waals surface area contributed by atoms with E-state index in [2.05, 4.69) is 20.0 Å². The van der Waals surface area contributed by atoms with Crippen LogP contribution in [0.1, 0.15) is 40.8 Å². The molecule has 2 aromatic heterocycles. The topological polar surface area (TPSA) is 202 Å². The first kappa shape index (κ1) is 32.5. The standard InChI is InChI=1S/C29H37N6O9P/c1-6-40-25-22-24(32-28(30)33-25)35(15-31-22)27-29(5,38)23(36)21(43-27)14-41-45(39,34-17(4)26(37)42-16(2)3)44-20-13-9-11-18-10-7-8-12-19(18)20/h7-13,15-17,21,23,27,36,38H,6,14H2,1-5H3,(H,34,39)(H2,30,32,33)/t17?,21-,23-,27?,29-,45?/m1/s1. The van der Waals surface area contributed by atoms with Crippen molar-refractivity contribution >= 4 is 41.6 Å². The number of hydrogen-bond acceptors (Lipinski definition) is 13. The van der Waals surface area contributed by atoms with Crippen LogP contribution >= 0.6 is 7.75 Å². The number of nitrogens with two attached hydrogens (primary N) is 1. The third kappa shape index (κ3) is 6.73. The van der Waals surface area contributed by atoms with Crippen LogP contribution < -0.4 is 20.1 Å². The molecule has 1 aliphatic rings. The average molecular weight is 645 g/mol. The predicted molar refractivity (Wildman–Crippen MR) is 163 cm³/mol. The fourth-order valence-corrected chi connectivity index (χ4v) is 6.51. The largest absolute Gasteiger partial charge is 0.476 e. The number of rotatable bonds is 12. The normalized spacial score (nSPS) is 23.7. The lowest BCUT2D eigenvalue weighted by atomic mass is 9.96. The zero-order valence-electron chi connectivity index (χ0n) is 25.5. The number of carbonyl (C=O) groups excluding carboxylic acids is 1. The number of imidazole rings is 1. The number of aliphatic hydroxyl groups excluding tert-OH is 1. The van der Waals surface area contributed by atoms with Gasteiger partial charge in [-0.1, -0.05) is 36.4 Å². The molecule has 2 aromatic carbocycles. The number of nitrogens with zero attached hydrogens (tertiary/aromatic N) is 4. The van der Waals surface area contributed by atoms with Crippen molar-refractivity contribution in [2.75, 3.05) is 18.9 Å². The summed E-state index contributed by atoms with van der Waals surface area (Å²) < 4.78 is 44.2. The van der Waals surface area contributed by atoms with E-state index in [9.17, 15) is 19.6 Å². The van der Waals surface area contributed by atoms with Gasteiger partial charge in [-0.25, -0.2) is 9.55 Å². The molecule has 1 fully saturated rings. The van der Waals surface area contributed by atoms with Gasteiger partial charge in [-0.2, -0.15) is 15.1 Å². The molecule has 1 saturated heterocycles. The van der Waals surface area contributed by atoms with Crippen LogP contribution in [0.25, 0.3) is 21.9 Å². The highest BCUT2D eigenvalue weighted by Crippen LogP contribution is 2.48. The van der Waals surface area contributed by atoms with E-state index in [1.807, 2.05) is 18.2 Å². The number of nitrogens with one attached hydrogen (secondary N) is 1. The zero-order valence-corrected chi connectivity index (χ0v) is 26.4. The van der Waals surface area contributed by atoms with Gasteiger partial charge >= 0.3 is 13.7 Å². The Balaban J connectivity index is 1.41. The number of benzene rings is 2. The van der Waals surface area contributed by atoms with Crippen molar-refractivity contribution in [2.45, 2.75) is 70.8 Å². The minimum absolute atomic E-state index is 0.0894. The summed E-state index contributed by atoms with van der Waals surface area (Å²) in [6.07, 6.45) is -3.01. The van der Waals surface area contributed by atoms with Crippen LogP contribution in [0.2, 0.25) is 0 Å². The van der Waals surface area contributed by atoms with Gasteiger partial charge in [-0.3, -0.25) is 13.9 Å². The summed E-state index contributed by atoms with van der Waals surface area (Å²) in [6, 6.07) is 11.4. The van der Waals surface area contributed by atoms with Crippen molar-refractivity contribution in [2.24, 2.45) is 0 Å². The number of esters is 1. The second-order valence-electron chi connectivity index (χ2n) is 11.0. The van der Waals surface area contributed by atoms with Gasteiger partial charge in [0, 0.05) is 5.39 Å². The van der Waals surface area contributed by atoms with Gasteiger partial charge in [0.25, 0.3) is 0 Å². The van der Waals surface area contributed by atoms with Gasteiger partial charge < -0.3 is 34.7 Å². The lowest BCUT2D eigenvalue weighted by molar-refractivity contribution is -0.149. The van der Waals surface area contributed by atoms with E-state index in [0.29, 0.717) is 12.0 Å². The SMILES string of the molecule is CCOc1nc(N)nc2c1ncn2C1O[C@H](COP(=O)(NC(C)C(=O)OC(C)C)Oc2cccc3ccccc23)[C@@H](O)[C@@]1(C)O. The molecule has 0 aliphatic carbocycles. The van der Waals surface area contributed by atoms with Crippen molar-refractivity contribution in [3.8, 4) is 11.6 Å². The van der Waals surface area contributed by atoms with Crippen molar-refractivity contribution in [1.82, 2.24) is 24.6 Å². The maximum Gasteiger partial charge on any atom is 0.459 e. The van der Waals surface area contributed by atoms with Crippen LogP contribution in [0.3, 0.4) is 0 Å².